The number of amides is 2. The molecule has 0 aromatic rings. The lowest BCUT2D eigenvalue weighted by Gasteiger charge is -2.41. The van der Waals surface area contributed by atoms with E-state index < -0.39 is 29.9 Å². The number of rotatable bonds is 4. The topological polar surface area (TPSA) is 69.6 Å². The first kappa shape index (κ1) is 13.8. The lowest BCUT2D eigenvalue weighted by atomic mass is 9.75. The van der Waals surface area contributed by atoms with Crippen molar-refractivity contribution in [2.45, 2.75) is 30.8 Å². The molecule has 0 aliphatic heterocycles. The number of nitrogens with zero attached hydrogens (tertiary/aromatic N) is 1. The summed E-state index contributed by atoms with van der Waals surface area (Å²) >= 11 is 0. The first-order valence-electron chi connectivity index (χ1n) is 5.29. The fraction of sp³-hybridized carbons (Fsp3) is 0.800. The molecule has 1 aliphatic rings. The molecule has 0 heterocycles. The summed E-state index contributed by atoms with van der Waals surface area (Å²) in [6.07, 6.45) is 0.264. The highest BCUT2D eigenvalue weighted by Gasteiger charge is 2.61. The number of likely N-dealkylation sites (N-methyl/N-ethyl adjacent to an activating group) is 1. The van der Waals surface area contributed by atoms with Gasteiger partial charge in [-0.05, 0) is 19.3 Å². The second kappa shape index (κ2) is 4.56. The normalized spacial score (nSPS) is 18.2. The molecule has 0 aromatic carbocycles. The third-order valence-corrected chi connectivity index (χ3v) is 2.95. The molecule has 1 aliphatic carbocycles. The molecule has 2 N–H and O–H groups in total. The number of nitrogens with one attached hydrogen (secondary N) is 1. The van der Waals surface area contributed by atoms with Crippen LogP contribution in [0.15, 0.2) is 0 Å². The van der Waals surface area contributed by atoms with Crippen LogP contribution in [0.3, 0.4) is 0 Å². The van der Waals surface area contributed by atoms with Gasteiger partial charge in [-0.2, -0.15) is 8.78 Å². The zero-order valence-electron chi connectivity index (χ0n) is 9.80. The van der Waals surface area contributed by atoms with E-state index in [4.69, 9.17) is 0 Å². The first-order valence-corrected chi connectivity index (χ1v) is 5.29. The number of alkyl halides is 2. The van der Waals surface area contributed by atoms with Crippen LogP contribution in [0.1, 0.15) is 19.3 Å². The van der Waals surface area contributed by atoms with E-state index in [0.29, 0.717) is 6.42 Å². The lowest BCUT2D eigenvalue weighted by molar-refractivity contribution is -0.215. The minimum absolute atomic E-state index is 0.102. The summed E-state index contributed by atoms with van der Waals surface area (Å²) < 4.78 is 27.0. The third-order valence-electron chi connectivity index (χ3n) is 2.95. The smallest absolute Gasteiger partial charge is 0.352 e. The molecule has 0 unspecified atom stereocenters. The molecular formula is C10H16F2N2O3. The summed E-state index contributed by atoms with van der Waals surface area (Å²) in [5.74, 6) is -5.94. The van der Waals surface area contributed by atoms with Crippen molar-refractivity contribution in [1.29, 1.82) is 0 Å². The second-order valence-corrected chi connectivity index (χ2v) is 4.43. The van der Waals surface area contributed by atoms with Crippen molar-refractivity contribution in [3.05, 3.63) is 0 Å². The monoisotopic (exact) mass is 250 g/mol. The number of hydrogen-bond donors (Lipinski definition) is 2. The largest absolute Gasteiger partial charge is 0.383 e. The van der Waals surface area contributed by atoms with Gasteiger partial charge in [-0.1, -0.05) is 0 Å². The van der Waals surface area contributed by atoms with Gasteiger partial charge in [0.1, 0.15) is 5.60 Å². The van der Waals surface area contributed by atoms with Gasteiger partial charge in [0.25, 0.3) is 5.91 Å². The van der Waals surface area contributed by atoms with Gasteiger partial charge in [-0.3, -0.25) is 9.59 Å². The van der Waals surface area contributed by atoms with E-state index in [1.54, 1.807) is 0 Å². The van der Waals surface area contributed by atoms with Gasteiger partial charge >= 0.3 is 5.92 Å². The Hall–Kier alpha value is -1.24. The number of halogens is 2. The van der Waals surface area contributed by atoms with Crippen LogP contribution in [-0.4, -0.2) is 54.0 Å². The van der Waals surface area contributed by atoms with Gasteiger partial charge in [0, 0.05) is 14.1 Å². The van der Waals surface area contributed by atoms with Crippen molar-refractivity contribution >= 4 is 11.8 Å². The highest BCUT2D eigenvalue weighted by Crippen LogP contribution is 2.44. The molecule has 0 saturated heterocycles. The molecule has 0 spiro atoms. The zero-order chi connectivity index (χ0) is 13.3. The highest BCUT2D eigenvalue weighted by molar-refractivity contribution is 5.89. The summed E-state index contributed by atoms with van der Waals surface area (Å²) in [6.45, 7) is -0.502. The van der Waals surface area contributed by atoms with Crippen LogP contribution in [0.5, 0.6) is 0 Å². The molecule has 5 nitrogen and oxygen atoms in total. The maximum Gasteiger partial charge on any atom is 0.352 e. The molecular weight excluding hydrogens is 234 g/mol. The number of carbonyl (C=O) groups is 2. The lowest BCUT2D eigenvalue weighted by Crippen LogP contribution is -2.61. The fourth-order valence-electron chi connectivity index (χ4n) is 1.46. The van der Waals surface area contributed by atoms with Gasteiger partial charge in [0.05, 0.1) is 6.54 Å². The molecule has 0 aromatic heterocycles. The standard InChI is InChI=1S/C10H16F2N2O3/c1-14(2)7(15)6-13-8(16)10(11,12)9(17)4-3-5-9/h17H,3-6H2,1-2H3,(H,13,16). The van der Waals surface area contributed by atoms with E-state index in [1.165, 1.54) is 19.0 Å². The summed E-state index contributed by atoms with van der Waals surface area (Å²) in [5.41, 5.74) is -2.25. The molecule has 1 saturated carbocycles. The molecule has 0 radical (unpaired) electrons. The second-order valence-electron chi connectivity index (χ2n) is 4.43. The van der Waals surface area contributed by atoms with Crippen molar-refractivity contribution in [3.8, 4) is 0 Å². The van der Waals surface area contributed by atoms with Crippen molar-refractivity contribution in [2.75, 3.05) is 20.6 Å². The van der Waals surface area contributed by atoms with Gasteiger partial charge in [0.2, 0.25) is 5.91 Å². The van der Waals surface area contributed by atoms with Crippen molar-refractivity contribution < 1.29 is 23.5 Å². The number of carbonyl (C=O) groups excluding carboxylic acids is 2. The summed E-state index contributed by atoms with van der Waals surface area (Å²) in [7, 11) is 2.90. The van der Waals surface area contributed by atoms with Gasteiger partial charge in [0.15, 0.2) is 0 Å². The maximum absolute atomic E-state index is 13.5. The van der Waals surface area contributed by atoms with E-state index in [0.717, 1.165) is 0 Å². The zero-order valence-corrected chi connectivity index (χ0v) is 9.80. The summed E-state index contributed by atoms with van der Waals surface area (Å²) in [6, 6.07) is 0. The van der Waals surface area contributed by atoms with Crippen LogP contribution < -0.4 is 5.32 Å². The SMILES string of the molecule is CN(C)C(=O)CNC(=O)C(F)(F)C1(O)CCC1. The van der Waals surface area contributed by atoms with Crippen molar-refractivity contribution in [2.24, 2.45) is 0 Å². The Kier molecular flexibility index (Phi) is 3.71. The van der Waals surface area contributed by atoms with Crippen LogP contribution in [0.2, 0.25) is 0 Å². The Morgan fingerprint density at radius 2 is 1.94 bits per heavy atom. The molecule has 7 heteroatoms. The molecule has 0 atom stereocenters. The molecule has 17 heavy (non-hydrogen) atoms. The summed E-state index contributed by atoms with van der Waals surface area (Å²) in [5, 5.41) is 11.3. The maximum atomic E-state index is 13.5. The van der Waals surface area contributed by atoms with E-state index in [-0.39, 0.29) is 12.8 Å². The highest BCUT2D eigenvalue weighted by atomic mass is 19.3. The predicted molar refractivity (Wildman–Crippen MR) is 55.5 cm³/mol. The Morgan fingerprint density at radius 3 is 2.29 bits per heavy atom. The van der Waals surface area contributed by atoms with Crippen LogP contribution in [0.25, 0.3) is 0 Å². The van der Waals surface area contributed by atoms with Gasteiger partial charge < -0.3 is 15.3 Å². The van der Waals surface area contributed by atoms with E-state index in [2.05, 4.69) is 0 Å². The quantitative estimate of drug-likeness (QED) is 0.722. The Morgan fingerprint density at radius 1 is 1.41 bits per heavy atom. The third kappa shape index (κ3) is 2.54. The van der Waals surface area contributed by atoms with Crippen LogP contribution in [0, 0.1) is 0 Å². The molecule has 0 bridgehead atoms. The van der Waals surface area contributed by atoms with E-state index in [1.807, 2.05) is 5.32 Å². The first-order chi connectivity index (χ1) is 7.71. The molecule has 2 amide bonds. The fourth-order valence-corrected chi connectivity index (χ4v) is 1.46. The number of hydrogen-bond acceptors (Lipinski definition) is 3. The van der Waals surface area contributed by atoms with Gasteiger partial charge in [-0.15, -0.1) is 0 Å². The van der Waals surface area contributed by atoms with Crippen LogP contribution >= 0.6 is 0 Å². The average Bonchev–Trinajstić information content (AvgIpc) is 2.21. The van der Waals surface area contributed by atoms with Crippen LogP contribution in [0.4, 0.5) is 8.78 Å². The Labute approximate surface area is 97.8 Å². The van der Waals surface area contributed by atoms with Crippen molar-refractivity contribution in [1.82, 2.24) is 10.2 Å². The van der Waals surface area contributed by atoms with E-state index in [9.17, 15) is 23.5 Å². The van der Waals surface area contributed by atoms with Crippen molar-refractivity contribution in [3.63, 3.8) is 0 Å². The molecule has 98 valence electrons. The molecule has 1 rings (SSSR count). The summed E-state index contributed by atoms with van der Waals surface area (Å²) in [4.78, 5) is 23.5. The Bertz CT molecular complexity index is 328. The van der Waals surface area contributed by atoms with Gasteiger partial charge in [-0.25, -0.2) is 0 Å². The minimum Gasteiger partial charge on any atom is -0.383 e. The predicted octanol–water partition coefficient (Wildman–Crippen LogP) is -0.259. The molecule has 1 fully saturated rings. The van der Waals surface area contributed by atoms with Crippen LogP contribution in [-0.2, 0) is 9.59 Å². The minimum atomic E-state index is -3.85. The van der Waals surface area contributed by atoms with E-state index >= 15 is 0 Å². The average molecular weight is 250 g/mol. The Balaban J connectivity index is 2.55. The number of aliphatic hydroxyl groups is 1.